The molecular weight excluding hydrogens is 186 g/mol. The minimum atomic E-state index is 0.731. The lowest BCUT2D eigenvalue weighted by molar-refractivity contribution is 0.559. The fraction of sp³-hybridized carbons (Fsp3) is 0.583. The van der Waals surface area contributed by atoms with Crippen molar-refractivity contribution < 1.29 is 0 Å². The van der Waals surface area contributed by atoms with E-state index in [1.165, 1.54) is 31.5 Å². The Balaban J connectivity index is 1.79. The van der Waals surface area contributed by atoms with Crippen LogP contribution in [-0.2, 0) is 0 Å². The second-order valence-electron chi connectivity index (χ2n) is 4.21. The summed E-state index contributed by atoms with van der Waals surface area (Å²) in [5, 5.41) is 3.52. The van der Waals surface area contributed by atoms with E-state index in [4.69, 9.17) is 0 Å². The van der Waals surface area contributed by atoms with E-state index in [1.54, 1.807) is 0 Å². The van der Waals surface area contributed by atoms with E-state index in [-0.39, 0.29) is 0 Å². The minimum absolute atomic E-state index is 0.731. The monoisotopic (exact) mass is 205 g/mol. The van der Waals surface area contributed by atoms with Gasteiger partial charge in [-0.2, -0.15) is 0 Å². The zero-order valence-electron chi connectivity index (χ0n) is 9.32. The van der Waals surface area contributed by atoms with E-state index in [0.29, 0.717) is 0 Å². The quantitative estimate of drug-likeness (QED) is 0.810. The van der Waals surface area contributed by atoms with Crippen molar-refractivity contribution in [1.29, 1.82) is 0 Å². The Hall–Kier alpha value is -1.09. The van der Waals surface area contributed by atoms with Crippen LogP contribution in [0.1, 0.15) is 19.3 Å². The van der Waals surface area contributed by atoms with E-state index in [1.807, 2.05) is 12.4 Å². The number of rotatable bonds is 4. The van der Waals surface area contributed by atoms with E-state index in [2.05, 4.69) is 34.4 Å². The maximum Gasteiger partial charge on any atom is 0.0394 e. The number of aromatic nitrogens is 1. The first-order valence-electron chi connectivity index (χ1n) is 5.71. The Bertz CT molecular complexity index is 280. The molecule has 2 heterocycles. The average molecular weight is 205 g/mol. The fourth-order valence-corrected chi connectivity index (χ4v) is 2.08. The molecule has 1 aromatic heterocycles. The summed E-state index contributed by atoms with van der Waals surface area (Å²) >= 11 is 0. The molecular formula is C12H19N3. The summed E-state index contributed by atoms with van der Waals surface area (Å²) in [7, 11) is 2.14. The molecule has 0 bridgehead atoms. The smallest absolute Gasteiger partial charge is 0.0394 e. The normalized spacial score (nSPS) is 20.5. The number of nitrogens with zero attached hydrogens (tertiary/aromatic N) is 2. The number of hydrogen-bond donors (Lipinski definition) is 1. The molecule has 1 saturated heterocycles. The minimum Gasteiger partial charge on any atom is -0.374 e. The summed E-state index contributed by atoms with van der Waals surface area (Å²) in [6, 6.07) is 4.85. The van der Waals surface area contributed by atoms with Crippen molar-refractivity contribution in [2.45, 2.75) is 25.3 Å². The first kappa shape index (κ1) is 10.4. The number of pyridine rings is 1. The van der Waals surface area contributed by atoms with Crippen molar-refractivity contribution in [3.05, 3.63) is 24.5 Å². The van der Waals surface area contributed by atoms with E-state index >= 15 is 0 Å². The summed E-state index contributed by atoms with van der Waals surface area (Å²) in [4.78, 5) is 6.32. The van der Waals surface area contributed by atoms with E-state index < -0.39 is 0 Å². The highest BCUT2D eigenvalue weighted by atomic mass is 15.1. The molecule has 1 atom stereocenters. The van der Waals surface area contributed by atoms with Gasteiger partial charge in [-0.3, -0.25) is 4.98 Å². The van der Waals surface area contributed by atoms with Gasteiger partial charge in [0.2, 0.25) is 0 Å². The molecule has 0 aliphatic carbocycles. The Kier molecular flexibility index (Phi) is 3.56. The summed E-state index contributed by atoms with van der Waals surface area (Å²) in [6.45, 7) is 2.31. The van der Waals surface area contributed by atoms with Gasteiger partial charge < -0.3 is 10.2 Å². The van der Waals surface area contributed by atoms with Crippen LogP contribution >= 0.6 is 0 Å². The Morgan fingerprint density at radius 1 is 1.47 bits per heavy atom. The largest absolute Gasteiger partial charge is 0.374 e. The fourth-order valence-electron chi connectivity index (χ4n) is 2.08. The molecule has 0 amide bonds. The Morgan fingerprint density at radius 2 is 2.27 bits per heavy atom. The van der Waals surface area contributed by atoms with Gasteiger partial charge in [-0.05, 0) is 37.9 Å². The van der Waals surface area contributed by atoms with Gasteiger partial charge in [0, 0.05) is 37.7 Å². The molecule has 0 saturated carbocycles. The van der Waals surface area contributed by atoms with Gasteiger partial charge in [0.25, 0.3) is 0 Å². The van der Waals surface area contributed by atoms with Crippen LogP contribution in [0, 0.1) is 0 Å². The highest BCUT2D eigenvalue weighted by molar-refractivity contribution is 5.43. The Morgan fingerprint density at radius 3 is 2.93 bits per heavy atom. The SMILES string of the molecule is CN(CCC1CCCN1)c1ccncc1. The van der Waals surface area contributed by atoms with Crippen LogP contribution in [0.3, 0.4) is 0 Å². The molecule has 1 unspecified atom stereocenters. The van der Waals surface area contributed by atoms with Crippen molar-refractivity contribution in [3.8, 4) is 0 Å². The van der Waals surface area contributed by atoms with E-state index in [0.717, 1.165) is 12.6 Å². The molecule has 1 fully saturated rings. The molecule has 0 aromatic carbocycles. The van der Waals surface area contributed by atoms with Gasteiger partial charge in [-0.15, -0.1) is 0 Å². The summed E-state index contributed by atoms with van der Waals surface area (Å²) in [5.41, 5.74) is 1.25. The zero-order valence-corrected chi connectivity index (χ0v) is 9.32. The van der Waals surface area contributed by atoms with Gasteiger partial charge >= 0.3 is 0 Å². The molecule has 2 rings (SSSR count). The van der Waals surface area contributed by atoms with Crippen molar-refractivity contribution in [3.63, 3.8) is 0 Å². The summed E-state index contributed by atoms with van der Waals surface area (Å²) < 4.78 is 0. The third-order valence-corrected chi connectivity index (χ3v) is 3.08. The zero-order chi connectivity index (χ0) is 10.5. The lowest BCUT2D eigenvalue weighted by Crippen LogP contribution is -2.28. The lowest BCUT2D eigenvalue weighted by Gasteiger charge is -2.21. The summed E-state index contributed by atoms with van der Waals surface area (Å²) in [6.07, 6.45) is 7.60. The first-order valence-corrected chi connectivity index (χ1v) is 5.71. The van der Waals surface area contributed by atoms with Crippen LogP contribution in [0.15, 0.2) is 24.5 Å². The van der Waals surface area contributed by atoms with Crippen LogP contribution in [0.25, 0.3) is 0 Å². The number of hydrogen-bond acceptors (Lipinski definition) is 3. The third kappa shape index (κ3) is 2.93. The lowest BCUT2D eigenvalue weighted by atomic mass is 10.1. The average Bonchev–Trinajstić information content (AvgIpc) is 2.80. The van der Waals surface area contributed by atoms with Crippen LogP contribution in [0.2, 0.25) is 0 Å². The van der Waals surface area contributed by atoms with Crippen molar-refractivity contribution in [1.82, 2.24) is 10.3 Å². The molecule has 1 N–H and O–H groups in total. The molecule has 0 spiro atoms. The van der Waals surface area contributed by atoms with Crippen LogP contribution in [0.4, 0.5) is 5.69 Å². The highest BCUT2D eigenvalue weighted by Gasteiger charge is 2.14. The van der Waals surface area contributed by atoms with Crippen LogP contribution in [-0.4, -0.2) is 31.2 Å². The molecule has 82 valence electrons. The standard InChI is InChI=1S/C12H19N3/c1-15(12-4-8-13-9-5-12)10-6-11-3-2-7-14-11/h4-5,8-9,11,14H,2-3,6-7,10H2,1H3. The molecule has 1 aliphatic heterocycles. The van der Waals surface area contributed by atoms with Crippen molar-refractivity contribution in [2.24, 2.45) is 0 Å². The maximum absolute atomic E-state index is 4.03. The van der Waals surface area contributed by atoms with Crippen molar-refractivity contribution in [2.75, 3.05) is 25.0 Å². The second-order valence-corrected chi connectivity index (χ2v) is 4.21. The van der Waals surface area contributed by atoms with Gasteiger partial charge in [0.05, 0.1) is 0 Å². The van der Waals surface area contributed by atoms with Crippen molar-refractivity contribution >= 4 is 5.69 Å². The maximum atomic E-state index is 4.03. The van der Waals surface area contributed by atoms with Gasteiger partial charge in [0.15, 0.2) is 0 Å². The molecule has 15 heavy (non-hydrogen) atoms. The van der Waals surface area contributed by atoms with Crippen LogP contribution in [0.5, 0.6) is 0 Å². The molecule has 1 aromatic rings. The van der Waals surface area contributed by atoms with Gasteiger partial charge in [-0.25, -0.2) is 0 Å². The molecule has 0 radical (unpaired) electrons. The topological polar surface area (TPSA) is 28.2 Å². The first-order chi connectivity index (χ1) is 7.36. The molecule has 1 aliphatic rings. The second kappa shape index (κ2) is 5.12. The Labute approximate surface area is 91.5 Å². The van der Waals surface area contributed by atoms with Crippen LogP contribution < -0.4 is 10.2 Å². The molecule has 3 nitrogen and oxygen atoms in total. The van der Waals surface area contributed by atoms with E-state index in [9.17, 15) is 0 Å². The molecule has 3 heteroatoms. The number of nitrogens with one attached hydrogen (secondary N) is 1. The summed E-state index contributed by atoms with van der Waals surface area (Å²) in [5.74, 6) is 0. The third-order valence-electron chi connectivity index (χ3n) is 3.08. The van der Waals surface area contributed by atoms with Gasteiger partial charge in [0.1, 0.15) is 0 Å². The predicted octanol–water partition coefficient (Wildman–Crippen LogP) is 1.66. The predicted molar refractivity (Wildman–Crippen MR) is 63.1 cm³/mol. The van der Waals surface area contributed by atoms with Gasteiger partial charge in [-0.1, -0.05) is 0 Å². The number of anilines is 1. The highest BCUT2D eigenvalue weighted by Crippen LogP contribution is 2.13.